The van der Waals surface area contributed by atoms with Crippen LogP contribution in [0.1, 0.15) is 5.56 Å². The fourth-order valence-corrected chi connectivity index (χ4v) is 2.44. The number of carbonyl (C=O) groups excluding carboxylic acids is 1. The monoisotopic (exact) mass is 375 g/mol. The number of rotatable bonds is 5. The summed E-state index contributed by atoms with van der Waals surface area (Å²) >= 11 is 12.1. The van der Waals surface area contributed by atoms with E-state index in [2.05, 4.69) is 10.6 Å². The second-order valence-corrected chi connectivity index (χ2v) is 5.84. The van der Waals surface area contributed by atoms with E-state index in [1.807, 2.05) is 13.0 Å². The second-order valence-electron chi connectivity index (χ2n) is 5.03. The highest BCUT2D eigenvalue weighted by atomic mass is 35.5. The van der Waals surface area contributed by atoms with Crippen molar-refractivity contribution in [2.45, 2.75) is 6.92 Å². The maximum atomic E-state index is 12.2. The molecule has 0 radical (unpaired) electrons. The molecule has 0 aliphatic rings. The van der Waals surface area contributed by atoms with Crippen molar-refractivity contribution in [2.24, 2.45) is 0 Å². The van der Waals surface area contributed by atoms with E-state index in [1.165, 1.54) is 13.3 Å². The smallest absolute Gasteiger partial charge is 0.267 e. The topological polar surface area (TPSA) is 74.1 Å². The molecule has 2 N–H and O–H groups in total. The van der Waals surface area contributed by atoms with E-state index in [0.717, 1.165) is 5.56 Å². The van der Waals surface area contributed by atoms with E-state index in [-0.39, 0.29) is 5.57 Å². The zero-order chi connectivity index (χ0) is 18.4. The first-order valence-electron chi connectivity index (χ1n) is 7.23. The van der Waals surface area contributed by atoms with Crippen LogP contribution >= 0.6 is 23.2 Å². The molecule has 2 rings (SSSR count). The fourth-order valence-electron chi connectivity index (χ4n) is 2.00. The Morgan fingerprint density at radius 1 is 1.24 bits per heavy atom. The van der Waals surface area contributed by atoms with Crippen molar-refractivity contribution in [3.8, 4) is 11.8 Å². The Bertz CT molecular complexity index is 873. The Balaban J connectivity index is 2.14. The van der Waals surface area contributed by atoms with E-state index >= 15 is 0 Å². The van der Waals surface area contributed by atoms with E-state index < -0.39 is 5.91 Å². The molecule has 0 aliphatic carbocycles. The number of methoxy groups -OCH3 is 1. The summed E-state index contributed by atoms with van der Waals surface area (Å²) in [5, 5.41) is 15.7. The molecular weight excluding hydrogens is 361 g/mol. The van der Waals surface area contributed by atoms with Gasteiger partial charge >= 0.3 is 0 Å². The summed E-state index contributed by atoms with van der Waals surface area (Å²) in [5.41, 5.74) is 1.89. The van der Waals surface area contributed by atoms with Gasteiger partial charge in [0.1, 0.15) is 17.4 Å². The summed E-state index contributed by atoms with van der Waals surface area (Å²) in [6.45, 7) is 1.84. The van der Waals surface area contributed by atoms with Gasteiger partial charge in [0.05, 0.1) is 12.1 Å². The summed E-state index contributed by atoms with van der Waals surface area (Å²) in [5.74, 6) is -0.0651. The molecule has 2 aromatic rings. The highest BCUT2D eigenvalue weighted by molar-refractivity contribution is 6.32. The molecule has 5 nitrogen and oxygen atoms in total. The molecule has 1 amide bonds. The number of amides is 1. The van der Waals surface area contributed by atoms with E-state index in [9.17, 15) is 10.1 Å². The lowest BCUT2D eigenvalue weighted by Crippen LogP contribution is -2.14. The number of hydrogen-bond acceptors (Lipinski definition) is 4. The molecule has 0 unspecified atom stereocenters. The minimum Gasteiger partial charge on any atom is -0.495 e. The molecule has 7 heteroatoms. The number of benzene rings is 2. The van der Waals surface area contributed by atoms with Crippen molar-refractivity contribution in [3.05, 3.63) is 63.8 Å². The predicted molar refractivity (Wildman–Crippen MR) is 100 cm³/mol. The minimum atomic E-state index is -0.559. The van der Waals surface area contributed by atoms with Crippen LogP contribution < -0.4 is 15.4 Å². The number of carbonyl (C=O) groups is 1. The number of ether oxygens (including phenoxy) is 1. The first kappa shape index (κ1) is 18.7. The summed E-state index contributed by atoms with van der Waals surface area (Å²) in [6, 6.07) is 12.0. The third kappa shape index (κ3) is 4.66. The standard InChI is InChI=1S/C18H15Cl2N3O2/c1-11-14(19)4-3-5-16(11)22-10-12(9-21)18(24)23-13-6-7-17(25-2)15(20)8-13/h3-8,10,22H,1-2H3,(H,23,24)/b12-10-. The Labute approximate surface area is 155 Å². The van der Waals surface area contributed by atoms with Gasteiger partial charge < -0.3 is 15.4 Å². The maximum Gasteiger partial charge on any atom is 0.267 e. The van der Waals surface area contributed by atoms with Gasteiger partial charge in [0.2, 0.25) is 0 Å². The van der Waals surface area contributed by atoms with Crippen LogP contribution in [0, 0.1) is 18.3 Å². The molecule has 0 atom stereocenters. The van der Waals surface area contributed by atoms with Gasteiger partial charge in [-0.25, -0.2) is 0 Å². The Morgan fingerprint density at radius 3 is 2.64 bits per heavy atom. The van der Waals surface area contributed by atoms with Crippen LogP contribution in [0.3, 0.4) is 0 Å². The number of nitriles is 1. The maximum absolute atomic E-state index is 12.2. The first-order valence-corrected chi connectivity index (χ1v) is 7.98. The summed E-state index contributed by atoms with van der Waals surface area (Å²) in [7, 11) is 1.50. The highest BCUT2D eigenvalue weighted by Gasteiger charge is 2.11. The lowest BCUT2D eigenvalue weighted by molar-refractivity contribution is -0.112. The Hall–Kier alpha value is -2.68. The van der Waals surface area contributed by atoms with Crippen LogP contribution in [0.4, 0.5) is 11.4 Å². The summed E-state index contributed by atoms with van der Waals surface area (Å²) < 4.78 is 5.05. The number of anilines is 2. The van der Waals surface area contributed by atoms with Gasteiger partial charge in [-0.1, -0.05) is 29.3 Å². The highest BCUT2D eigenvalue weighted by Crippen LogP contribution is 2.27. The van der Waals surface area contributed by atoms with Gasteiger partial charge in [0.15, 0.2) is 0 Å². The molecule has 0 saturated heterocycles. The van der Waals surface area contributed by atoms with Crippen molar-refractivity contribution in [3.63, 3.8) is 0 Å². The average Bonchev–Trinajstić information content (AvgIpc) is 2.59. The molecule has 0 aromatic heterocycles. The molecule has 0 aliphatic heterocycles. The van der Waals surface area contributed by atoms with Gasteiger partial charge in [-0.2, -0.15) is 5.26 Å². The van der Waals surface area contributed by atoms with Crippen LogP contribution in [-0.2, 0) is 4.79 Å². The number of halogens is 2. The van der Waals surface area contributed by atoms with Gasteiger partial charge in [-0.15, -0.1) is 0 Å². The molecule has 0 heterocycles. The van der Waals surface area contributed by atoms with Crippen LogP contribution in [0.15, 0.2) is 48.2 Å². The lowest BCUT2D eigenvalue weighted by Gasteiger charge is -2.09. The molecule has 25 heavy (non-hydrogen) atoms. The average molecular weight is 376 g/mol. The zero-order valence-corrected chi connectivity index (χ0v) is 15.1. The van der Waals surface area contributed by atoms with Crippen molar-refractivity contribution in [1.82, 2.24) is 0 Å². The molecule has 2 aromatic carbocycles. The Kier molecular flexibility index (Phi) is 6.29. The van der Waals surface area contributed by atoms with Crippen LogP contribution in [0.5, 0.6) is 5.75 Å². The second kappa shape index (κ2) is 8.43. The molecule has 0 saturated carbocycles. The quantitative estimate of drug-likeness (QED) is 0.582. The van der Waals surface area contributed by atoms with Gasteiger partial charge in [0.25, 0.3) is 5.91 Å². The fraction of sp³-hybridized carbons (Fsp3) is 0.111. The van der Waals surface area contributed by atoms with Gasteiger partial charge in [0, 0.05) is 22.6 Å². The number of hydrogen-bond donors (Lipinski definition) is 2. The van der Waals surface area contributed by atoms with Crippen molar-refractivity contribution in [2.75, 3.05) is 17.7 Å². The largest absolute Gasteiger partial charge is 0.495 e. The lowest BCUT2D eigenvalue weighted by atomic mass is 10.2. The van der Waals surface area contributed by atoms with Crippen molar-refractivity contribution in [1.29, 1.82) is 5.26 Å². The predicted octanol–water partition coefficient (Wildman–Crippen LogP) is 4.77. The molecule has 0 fully saturated rings. The summed E-state index contributed by atoms with van der Waals surface area (Å²) in [6.07, 6.45) is 1.33. The molecule has 0 bridgehead atoms. The van der Waals surface area contributed by atoms with Gasteiger partial charge in [-0.3, -0.25) is 4.79 Å². The first-order chi connectivity index (χ1) is 12.0. The van der Waals surface area contributed by atoms with Crippen LogP contribution in [-0.4, -0.2) is 13.0 Å². The third-order valence-electron chi connectivity index (χ3n) is 3.41. The molecule has 128 valence electrons. The summed E-state index contributed by atoms with van der Waals surface area (Å²) in [4.78, 5) is 12.2. The Morgan fingerprint density at radius 2 is 2.00 bits per heavy atom. The zero-order valence-electron chi connectivity index (χ0n) is 13.6. The normalized spacial score (nSPS) is 10.8. The van der Waals surface area contributed by atoms with Gasteiger partial charge in [-0.05, 0) is 42.8 Å². The van der Waals surface area contributed by atoms with Crippen LogP contribution in [0.2, 0.25) is 10.0 Å². The SMILES string of the molecule is COc1ccc(NC(=O)/C(C#N)=C\Nc2cccc(Cl)c2C)cc1Cl. The number of nitrogens with one attached hydrogen (secondary N) is 2. The van der Waals surface area contributed by atoms with E-state index in [1.54, 1.807) is 36.4 Å². The van der Waals surface area contributed by atoms with E-state index in [4.69, 9.17) is 27.9 Å². The van der Waals surface area contributed by atoms with E-state index in [0.29, 0.717) is 27.2 Å². The van der Waals surface area contributed by atoms with Crippen LogP contribution in [0.25, 0.3) is 0 Å². The van der Waals surface area contributed by atoms with Crippen molar-refractivity contribution < 1.29 is 9.53 Å². The molecule has 0 spiro atoms. The van der Waals surface area contributed by atoms with Crippen molar-refractivity contribution >= 4 is 40.5 Å². The molecular formula is C18H15Cl2N3O2. The number of nitrogens with zero attached hydrogens (tertiary/aromatic N) is 1. The third-order valence-corrected chi connectivity index (χ3v) is 4.12. The minimum absolute atomic E-state index is 0.0914.